The minimum atomic E-state index is -0.417. The Morgan fingerprint density at radius 3 is 3.05 bits per heavy atom. The molecule has 1 aliphatic heterocycles. The van der Waals surface area contributed by atoms with E-state index in [-0.39, 0.29) is 10.8 Å². The van der Waals surface area contributed by atoms with E-state index in [4.69, 9.17) is 4.84 Å². The summed E-state index contributed by atoms with van der Waals surface area (Å²) in [5.41, 5.74) is 0.520. The number of aromatic hydroxyl groups is 1. The molecule has 1 N–H and O–H groups in total. The number of amides is 1. The van der Waals surface area contributed by atoms with Gasteiger partial charge in [-0.15, -0.1) is 11.3 Å². The van der Waals surface area contributed by atoms with Crippen molar-refractivity contribution in [3.05, 3.63) is 35.0 Å². The van der Waals surface area contributed by atoms with E-state index in [9.17, 15) is 14.3 Å². The third kappa shape index (κ3) is 2.37. The molecule has 20 heavy (non-hydrogen) atoms. The Bertz CT molecular complexity index is 653. The highest BCUT2D eigenvalue weighted by atomic mass is 32.1. The number of aromatic nitrogens is 1. The van der Waals surface area contributed by atoms with Gasteiger partial charge in [0.25, 0.3) is 5.91 Å². The van der Waals surface area contributed by atoms with E-state index < -0.39 is 11.7 Å². The summed E-state index contributed by atoms with van der Waals surface area (Å²) in [6.07, 6.45) is 0.766. The third-order valence-corrected chi connectivity index (χ3v) is 3.94. The van der Waals surface area contributed by atoms with Crippen molar-refractivity contribution in [3.63, 3.8) is 0 Å². The Hall–Kier alpha value is -1.99. The largest absolute Gasteiger partial charge is 0.492 e. The van der Waals surface area contributed by atoms with Gasteiger partial charge in [-0.3, -0.25) is 9.63 Å². The summed E-state index contributed by atoms with van der Waals surface area (Å²) in [7, 11) is 0. The standard InChI is InChI=1S/C13H11FN2O3S/c14-9-4-1-3-8(7-9)12-15-11(17)10(20-12)13(18)16-5-2-6-19-16/h1,3-4,7,17H,2,5-6H2. The Morgan fingerprint density at radius 1 is 1.50 bits per heavy atom. The second-order valence-electron chi connectivity index (χ2n) is 4.28. The maximum absolute atomic E-state index is 13.2. The summed E-state index contributed by atoms with van der Waals surface area (Å²) in [5, 5.41) is 11.4. The van der Waals surface area contributed by atoms with Crippen molar-refractivity contribution in [1.29, 1.82) is 0 Å². The fourth-order valence-corrected chi connectivity index (χ4v) is 2.81. The number of hydrogen-bond donors (Lipinski definition) is 1. The van der Waals surface area contributed by atoms with Crippen LogP contribution in [0.2, 0.25) is 0 Å². The Labute approximate surface area is 118 Å². The van der Waals surface area contributed by atoms with Crippen LogP contribution in [0.4, 0.5) is 4.39 Å². The van der Waals surface area contributed by atoms with Crippen molar-refractivity contribution in [3.8, 4) is 16.5 Å². The van der Waals surface area contributed by atoms with E-state index in [0.717, 1.165) is 17.8 Å². The first-order valence-electron chi connectivity index (χ1n) is 6.05. The van der Waals surface area contributed by atoms with Crippen molar-refractivity contribution in [2.75, 3.05) is 13.2 Å². The molecule has 0 spiro atoms. The number of nitrogens with zero attached hydrogens (tertiary/aromatic N) is 2. The molecule has 0 atom stereocenters. The van der Waals surface area contributed by atoms with Crippen LogP contribution >= 0.6 is 11.3 Å². The SMILES string of the molecule is O=C(c1sc(-c2cccc(F)c2)nc1O)N1CCCO1. The zero-order valence-corrected chi connectivity index (χ0v) is 11.2. The number of benzene rings is 1. The predicted octanol–water partition coefficient (Wildman–Crippen LogP) is 2.43. The first kappa shape index (κ1) is 13.0. The monoisotopic (exact) mass is 294 g/mol. The van der Waals surface area contributed by atoms with Crippen molar-refractivity contribution < 1.29 is 19.1 Å². The van der Waals surface area contributed by atoms with Crippen LogP contribution in [0.1, 0.15) is 16.1 Å². The Kier molecular flexibility index (Phi) is 3.37. The number of halogens is 1. The van der Waals surface area contributed by atoms with Crippen LogP contribution in [0.15, 0.2) is 24.3 Å². The summed E-state index contributed by atoms with van der Waals surface area (Å²) >= 11 is 1.02. The quantitative estimate of drug-likeness (QED) is 0.924. The van der Waals surface area contributed by atoms with Gasteiger partial charge in [0.05, 0.1) is 13.2 Å². The van der Waals surface area contributed by atoms with Gasteiger partial charge in [-0.2, -0.15) is 0 Å². The highest BCUT2D eigenvalue weighted by molar-refractivity contribution is 7.17. The predicted molar refractivity (Wildman–Crippen MR) is 70.8 cm³/mol. The maximum Gasteiger partial charge on any atom is 0.293 e. The van der Waals surface area contributed by atoms with Gasteiger partial charge in [0.1, 0.15) is 10.8 Å². The zero-order chi connectivity index (χ0) is 14.1. The van der Waals surface area contributed by atoms with Gasteiger partial charge in [-0.25, -0.2) is 14.4 Å². The van der Waals surface area contributed by atoms with E-state index in [1.165, 1.54) is 17.2 Å². The number of thiazole rings is 1. The van der Waals surface area contributed by atoms with Gasteiger partial charge in [-0.1, -0.05) is 12.1 Å². The molecule has 3 rings (SSSR count). The van der Waals surface area contributed by atoms with Gasteiger partial charge < -0.3 is 5.11 Å². The molecule has 1 saturated heterocycles. The van der Waals surface area contributed by atoms with Crippen LogP contribution in [0.5, 0.6) is 5.88 Å². The van der Waals surface area contributed by atoms with Crippen molar-refractivity contribution >= 4 is 17.2 Å². The van der Waals surface area contributed by atoms with Crippen molar-refractivity contribution in [2.45, 2.75) is 6.42 Å². The number of rotatable bonds is 2. The molecule has 1 aliphatic rings. The average molecular weight is 294 g/mol. The summed E-state index contributed by atoms with van der Waals surface area (Å²) in [6, 6.07) is 5.84. The lowest BCUT2D eigenvalue weighted by Gasteiger charge is -2.11. The smallest absolute Gasteiger partial charge is 0.293 e. The molecule has 0 radical (unpaired) electrons. The van der Waals surface area contributed by atoms with E-state index in [2.05, 4.69) is 4.98 Å². The summed E-state index contributed by atoms with van der Waals surface area (Å²) < 4.78 is 13.2. The molecule has 1 aromatic carbocycles. The van der Waals surface area contributed by atoms with Crippen LogP contribution in [-0.4, -0.2) is 34.2 Å². The van der Waals surface area contributed by atoms with Crippen LogP contribution in [0.25, 0.3) is 10.6 Å². The van der Waals surface area contributed by atoms with Crippen LogP contribution in [-0.2, 0) is 4.84 Å². The minimum absolute atomic E-state index is 0.103. The topological polar surface area (TPSA) is 62.7 Å². The molecule has 1 amide bonds. The van der Waals surface area contributed by atoms with Gasteiger partial charge in [0.2, 0.25) is 5.88 Å². The molecule has 0 unspecified atom stereocenters. The molecule has 1 fully saturated rings. The zero-order valence-electron chi connectivity index (χ0n) is 10.4. The molecule has 0 aliphatic carbocycles. The molecule has 104 valence electrons. The first-order valence-corrected chi connectivity index (χ1v) is 6.87. The van der Waals surface area contributed by atoms with Gasteiger partial charge in [0.15, 0.2) is 4.88 Å². The molecule has 5 nitrogen and oxygen atoms in total. The molecule has 1 aromatic heterocycles. The lowest BCUT2D eigenvalue weighted by Crippen LogP contribution is -2.25. The molecule has 0 saturated carbocycles. The lowest BCUT2D eigenvalue weighted by atomic mass is 10.2. The van der Waals surface area contributed by atoms with E-state index in [1.54, 1.807) is 12.1 Å². The number of carbonyl (C=O) groups excluding carboxylic acids is 1. The Balaban J connectivity index is 1.92. The van der Waals surface area contributed by atoms with Crippen molar-refractivity contribution in [2.24, 2.45) is 0 Å². The van der Waals surface area contributed by atoms with Gasteiger partial charge in [-0.05, 0) is 18.6 Å². The normalized spacial score (nSPS) is 14.8. The summed E-state index contributed by atoms with van der Waals surface area (Å²) in [6.45, 7) is 0.980. The average Bonchev–Trinajstić information content (AvgIpc) is 3.07. The van der Waals surface area contributed by atoms with Crippen LogP contribution in [0, 0.1) is 5.82 Å². The molecule has 2 heterocycles. The van der Waals surface area contributed by atoms with Crippen LogP contribution in [0.3, 0.4) is 0 Å². The molecular weight excluding hydrogens is 283 g/mol. The Morgan fingerprint density at radius 2 is 2.35 bits per heavy atom. The van der Waals surface area contributed by atoms with Crippen LogP contribution < -0.4 is 0 Å². The molecule has 7 heteroatoms. The summed E-state index contributed by atoms with van der Waals surface area (Å²) in [4.78, 5) is 21.3. The molecule has 0 bridgehead atoms. The fraction of sp³-hybridized carbons (Fsp3) is 0.231. The lowest BCUT2D eigenvalue weighted by molar-refractivity contribution is -0.0766. The number of hydroxylamine groups is 2. The highest BCUT2D eigenvalue weighted by Crippen LogP contribution is 2.33. The number of hydrogen-bond acceptors (Lipinski definition) is 5. The van der Waals surface area contributed by atoms with Gasteiger partial charge >= 0.3 is 0 Å². The molecule has 2 aromatic rings. The molecular formula is C13H11FN2O3S. The maximum atomic E-state index is 13.2. The van der Waals surface area contributed by atoms with E-state index in [1.807, 2.05) is 0 Å². The van der Waals surface area contributed by atoms with E-state index >= 15 is 0 Å². The first-order chi connectivity index (χ1) is 9.65. The number of carbonyl (C=O) groups is 1. The summed E-state index contributed by atoms with van der Waals surface area (Å²) in [5.74, 6) is -1.16. The van der Waals surface area contributed by atoms with Gasteiger partial charge in [0, 0.05) is 5.56 Å². The highest BCUT2D eigenvalue weighted by Gasteiger charge is 2.27. The van der Waals surface area contributed by atoms with Crippen molar-refractivity contribution in [1.82, 2.24) is 10.0 Å². The second-order valence-corrected chi connectivity index (χ2v) is 5.28. The van der Waals surface area contributed by atoms with E-state index in [0.29, 0.717) is 23.7 Å². The third-order valence-electron chi connectivity index (χ3n) is 2.85. The fourth-order valence-electron chi connectivity index (χ4n) is 1.92. The second kappa shape index (κ2) is 5.18. The minimum Gasteiger partial charge on any atom is -0.492 e.